The van der Waals surface area contributed by atoms with Crippen molar-refractivity contribution < 1.29 is 0 Å². The van der Waals surface area contributed by atoms with E-state index >= 15 is 0 Å². The van der Waals surface area contributed by atoms with Crippen LogP contribution in [0.15, 0.2) is 79.0 Å². The van der Waals surface area contributed by atoms with Gasteiger partial charge in [0.25, 0.3) is 0 Å². The number of rotatable bonds is 7. The van der Waals surface area contributed by atoms with Gasteiger partial charge in [0.15, 0.2) is 0 Å². The summed E-state index contributed by atoms with van der Waals surface area (Å²) in [6.07, 6.45) is 7.23. The monoisotopic (exact) mass is 578 g/mol. The number of nitrogens with zero attached hydrogens (tertiary/aromatic N) is 4. The molecule has 0 bridgehead atoms. The van der Waals surface area contributed by atoms with Crippen LogP contribution in [-0.2, 0) is 0 Å². The highest BCUT2D eigenvalue weighted by molar-refractivity contribution is 7.64. The molecule has 6 rings (SSSR count). The SMILES string of the molecule is Cc1cc(Nc2ncc(-c3ccccc3)c(Nc3ccccc3P(C)C)n2)ccc1N1CCC2(CCN(C)CC2)CC1. The lowest BCUT2D eigenvalue weighted by Crippen LogP contribution is -2.46. The molecule has 1 spiro atoms. The van der Waals surface area contributed by atoms with Crippen molar-refractivity contribution in [3.05, 3.63) is 84.6 Å². The fraction of sp³-hybridized carbons (Fsp3) is 0.371. The average molecular weight is 579 g/mol. The summed E-state index contributed by atoms with van der Waals surface area (Å²) < 4.78 is 0. The van der Waals surface area contributed by atoms with Gasteiger partial charge in [0, 0.05) is 41.9 Å². The molecule has 2 saturated heterocycles. The molecule has 218 valence electrons. The second kappa shape index (κ2) is 12.4. The minimum Gasteiger partial charge on any atom is -0.371 e. The number of nitrogens with one attached hydrogen (secondary N) is 2. The van der Waals surface area contributed by atoms with E-state index in [1.807, 2.05) is 12.3 Å². The predicted molar refractivity (Wildman–Crippen MR) is 181 cm³/mol. The van der Waals surface area contributed by atoms with E-state index in [-0.39, 0.29) is 7.92 Å². The van der Waals surface area contributed by atoms with E-state index in [2.05, 4.69) is 114 Å². The number of benzene rings is 3. The second-order valence-corrected chi connectivity index (χ2v) is 14.5. The van der Waals surface area contributed by atoms with Gasteiger partial charge in [0.05, 0.1) is 0 Å². The Hall–Kier alpha value is -3.47. The summed E-state index contributed by atoms with van der Waals surface area (Å²) in [6, 6.07) is 25.5. The van der Waals surface area contributed by atoms with Gasteiger partial charge in [-0.3, -0.25) is 0 Å². The maximum atomic E-state index is 5.00. The molecule has 2 fully saturated rings. The highest BCUT2D eigenvalue weighted by Gasteiger charge is 2.37. The maximum Gasteiger partial charge on any atom is 0.229 e. The average Bonchev–Trinajstić information content (AvgIpc) is 3.00. The molecule has 0 amide bonds. The third-order valence-electron chi connectivity index (χ3n) is 9.18. The van der Waals surface area contributed by atoms with Crippen molar-refractivity contribution in [1.82, 2.24) is 14.9 Å². The van der Waals surface area contributed by atoms with E-state index in [4.69, 9.17) is 9.97 Å². The summed E-state index contributed by atoms with van der Waals surface area (Å²) in [5.41, 5.74) is 7.35. The van der Waals surface area contributed by atoms with Crippen molar-refractivity contribution in [2.24, 2.45) is 5.41 Å². The Balaban J connectivity index is 1.21. The van der Waals surface area contributed by atoms with Crippen LogP contribution < -0.4 is 20.8 Å². The van der Waals surface area contributed by atoms with Crippen LogP contribution >= 0.6 is 7.92 Å². The highest BCUT2D eigenvalue weighted by atomic mass is 31.1. The summed E-state index contributed by atoms with van der Waals surface area (Å²) in [7, 11) is 1.99. The zero-order chi connectivity index (χ0) is 29.1. The Labute approximate surface area is 252 Å². The first-order chi connectivity index (χ1) is 20.4. The van der Waals surface area contributed by atoms with Gasteiger partial charge in [0.1, 0.15) is 5.82 Å². The van der Waals surface area contributed by atoms with Crippen LogP contribution in [0.5, 0.6) is 0 Å². The first-order valence-corrected chi connectivity index (χ1v) is 17.4. The van der Waals surface area contributed by atoms with Gasteiger partial charge in [-0.1, -0.05) is 56.5 Å². The number of para-hydroxylation sites is 1. The Bertz CT molecular complexity index is 1500. The molecule has 4 aromatic rings. The van der Waals surface area contributed by atoms with Crippen molar-refractivity contribution in [3.63, 3.8) is 0 Å². The molecule has 0 atom stereocenters. The molecule has 1 aromatic heterocycles. The number of hydrogen-bond donors (Lipinski definition) is 2. The van der Waals surface area contributed by atoms with Crippen LogP contribution in [0.1, 0.15) is 31.2 Å². The lowest BCUT2D eigenvalue weighted by Gasteiger charge is -2.47. The van der Waals surface area contributed by atoms with E-state index in [0.717, 1.165) is 41.4 Å². The number of hydrogen-bond acceptors (Lipinski definition) is 6. The third-order valence-corrected chi connectivity index (χ3v) is 10.5. The van der Waals surface area contributed by atoms with Gasteiger partial charge in [-0.25, -0.2) is 4.98 Å². The predicted octanol–water partition coefficient (Wildman–Crippen LogP) is 7.62. The number of likely N-dealkylation sites (tertiary alicyclic amines) is 1. The molecule has 3 aromatic carbocycles. The first kappa shape index (κ1) is 28.6. The van der Waals surface area contributed by atoms with E-state index in [9.17, 15) is 0 Å². The van der Waals surface area contributed by atoms with Crippen molar-refractivity contribution >= 4 is 42.1 Å². The quantitative estimate of drug-likeness (QED) is 0.220. The first-order valence-electron chi connectivity index (χ1n) is 15.2. The van der Waals surface area contributed by atoms with Gasteiger partial charge in [-0.15, -0.1) is 0 Å². The van der Waals surface area contributed by atoms with Gasteiger partial charge >= 0.3 is 0 Å². The zero-order valence-corrected chi connectivity index (χ0v) is 26.3. The molecule has 42 heavy (non-hydrogen) atoms. The molecule has 0 radical (unpaired) electrons. The Morgan fingerprint density at radius 2 is 1.50 bits per heavy atom. The molecule has 0 unspecified atom stereocenters. The van der Waals surface area contributed by atoms with Gasteiger partial charge < -0.3 is 20.4 Å². The van der Waals surface area contributed by atoms with Crippen LogP contribution in [-0.4, -0.2) is 61.4 Å². The minimum atomic E-state index is -0.272. The van der Waals surface area contributed by atoms with Crippen LogP contribution in [0.2, 0.25) is 0 Å². The molecule has 6 nitrogen and oxygen atoms in total. The standard InChI is InChI=1S/C35H43N6P/c1-26-24-28(14-15-31(26)41-22-18-35(19-23-41)16-20-40(2)21-17-35)37-34-36-25-29(27-10-6-5-7-11-27)33(39-34)38-30-12-8-9-13-32(30)42(3)4/h5-15,24-25H,16-23H2,1-4H3,(H2,36,37,38,39). The van der Waals surface area contributed by atoms with Crippen LogP contribution in [0.25, 0.3) is 11.1 Å². The minimum absolute atomic E-state index is 0.272. The lowest BCUT2D eigenvalue weighted by molar-refractivity contribution is 0.0944. The Morgan fingerprint density at radius 1 is 0.810 bits per heavy atom. The third kappa shape index (κ3) is 6.30. The smallest absolute Gasteiger partial charge is 0.229 e. The number of aryl methyl sites for hydroxylation is 1. The molecule has 2 aliphatic rings. The second-order valence-electron chi connectivity index (χ2n) is 12.3. The van der Waals surface area contributed by atoms with E-state index in [1.54, 1.807) is 0 Å². The summed E-state index contributed by atoms with van der Waals surface area (Å²) in [4.78, 5) is 14.8. The molecule has 0 saturated carbocycles. The molecule has 2 N–H and O–H groups in total. The van der Waals surface area contributed by atoms with Crippen molar-refractivity contribution in [3.8, 4) is 11.1 Å². The zero-order valence-electron chi connectivity index (χ0n) is 25.4. The van der Waals surface area contributed by atoms with Crippen molar-refractivity contribution in [2.45, 2.75) is 32.6 Å². The maximum absolute atomic E-state index is 5.00. The van der Waals surface area contributed by atoms with Crippen LogP contribution in [0.3, 0.4) is 0 Å². The van der Waals surface area contributed by atoms with Crippen molar-refractivity contribution in [1.29, 1.82) is 0 Å². The Kier molecular flexibility index (Phi) is 8.46. The van der Waals surface area contributed by atoms with Crippen molar-refractivity contribution in [2.75, 3.05) is 62.1 Å². The summed E-state index contributed by atoms with van der Waals surface area (Å²) >= 11 is 0. The molecule has 0 aliphatic carbocycles. The van der Waals surface area contributed by atoms with Crippen LogP contribution in [0, 0.1) is 12.3 Å². The molecule has 3 heterocycles. The molecular weight excluding hydrogens is 535 g/mol. The lowest BCUT2D eigenvalue weighted by atomic mass is 9.71. The number of anilines is 5. The fourth-order valence-electron chi connectivity index (χ4n) is 6.50. The highest BCUT2D eigenvalue weighted by Crippen LogP contribution is 2.42. The van der Waals surface area contributed by atoms with Gasteiger partial charge in [-0.2, -0.15) is 4.98 Å². The number of piperidine rings is 2. The molecule has 2 aliphatic heterocycles. The fourth-order valence-corrected chi connectivity index (χ4v) is 7.49. The largest absolute Gasteiger partial charge is 0.371 e. The molecule has 7 heteroatoms. The summed E-state index contributed by atoms with van der Waals surface area (Å²) in [5.74, 6) is 1.38. The van der Waals surface area contributed by atoms with E-state index in [0.29, 0.717) is 11.4 Å². The summed E-state index contributed by atoms with van der Waals surface area (Å²) in [5, 5.41) is 8.46. The van der Waals surface area contributed by atoms with E-state index in [1.165, 1.54) is 55.3 Å². The molecular formula is C35H43N6P. The van der Waals surface area contributed by atoms with Gasteiger partial charge in [-0.05, 0) is 112 Å². The van der Waals surface area contributed by atoms with E-state index < -0.39 is 0 Å². The van der Waals surface area contributed by atoms with Gasteiger partial charge in [0.2, 0.25) is 5.95 Å². The topological polar surface area (TPSA) is 56.3 Å². The normalized spacial score (nSPS) is 17.0. The number of aromatic nitrogens is 2. The summed E-state index contributed by atoms with van der Waals surface area (Å²) in [6.45, 7) is 11.6. The van der Waals surface area contributed by atoms with Crippen LogP contribution in [0.4, 0.5) is 28.8 Å². The Morgan fingerprint density at radius 3 is 2.21 bits per heavy atom.